The van der Waals surface area contributed by atoms with Crippen LogP contribution in [0.15, 0.2) is 10.9 Å². The van der Waals surface area contributed by atoms with Gasteiger partial charge >= 0.3 is 0 Å². The standard InChI is InChI=1S/C21H32N4O2/c1-16-7-4-6-10-23(16)15-21(27)24-12-9-17(14-24)18-13-20(26)25-11-5-2-3-8-19(25)22-18/h13,16-17H,2-12,14-15H2,1H3/t16-,17+/m1/s1. The Morgan fingerprint density at radius 2 is 1.96 bits per heavy atom. The molecule has 0 aliphatic carbocycles. The van der Waals surface area contributed by atoms with Gasteiger partial charge in [-0.2, -0.15) is 0 Å². The van der Waals surface area contributed by atoms with E-state index in [2.05, 4.69) is 11.8 Å². The summed E-state index contributed by atoms with van der Waals surface area (Å²) in [5, 5.41) is 0. The Labute approximate surface area is 161 Å². The first-order chi connectivity index (χ1) is 13.1. The Morgan fingerprint density at radius 3 is 2.81 bits per heavy atom. The summed E-state index contributed by atoms with van der Waals surface area (Å²) in [4.78, 5) is 34.5. The summed E-state index contributed by atoms with van der Waals surface area (Å²) in [7, 11) is 0. The molecule has 1 aromatic heterocycles. The predicted molar refractivity (Wildman–Crippen MR) is 105 cm³/mol. The molecule has 0 N–H and O–H groups in total. The maximum absolute atomic E-state index is 12.8. The fourth-order valence-electron chi connectivity index (χ4n) is 4.84. The van der Waals surface area contributed by atoms with Gasteiger partial charge in [0.15, 0.2) is 0 Å². The molecule has 2 atom stereocenters. The zero-order chi connectivity index (χ0) is 18.8. The third kappa shape index (κ3) is 4.10. The molecule has 27 heavy (non-hydrogen) atoms. The maximum atomic E-state index is 12.8. The van der Waals surface area contributed by atoms with Gasteiger partial charge < -0.3 is 4.90 Å². The molecule has 0 radical (unpaired) electrons. The number of likely N-dealkylation sites (tertiary alicyclic amines) is 2. The van der Waals surface area contributed by atoms with Gasteiger partial charge in [-0.1, -0.05) is 12.8 Å². The summed E-state index contributed by atoms with van der Waals surface area (Å²) in [5.74, 6) is 1.38. The van der Waals surface area contributed by atoms with Crippen LogP contribution in [0.1, 0.15) is 69.3 Å². The number of amides is 1. The second-order valence-corrected chi connectivity index (χ2v) is 8.54. The first-order valence-corrected chi connectivity index (χ1v) is 10.7. The van der Waals surface area contributed by atoms with Gasteiger partial charge in [0.2, 0.25) is 5.91 Å². The van der Waals surface area contributed by atoms with Crippen LogP contribution in [0.25, 0.3) is 0 Å². The lowest BCUT2D eigenvalue weighted by atomic mass is 10.0. The summed E-state index contributed by atoms with van der Waals surface area (Å²) in [5.41, 5.74) is 0.985. The molecular weight excluding hydrogens is 340 g/mol. The molecule has 6 nitrogen and oxygen atoms in total. The van der Waals surface area contributed by atoms with Gasteiger partial charge in [0.05, 0.1) is 12.2 Å². The Kier molecular flexibility index (Phi) is 5.62. The van der Waals surface area contributed by atoms with Crippen LogP contribution in [0.3, 0.4) is 0 Å². The lowest BCUT2D eigenvalue weighted by Gasteiger charge is -2.33. The van der Waals surface area contributed by atoms with Gasteiger partial charge in [-0.15, -0.1) is 0 Å². The molecule has 6 heteroatoms. The number of carbonyl (C=O) groups is 1. The molecule has 2 saturated heterocycles. The van der Waals surface area contributed by atoms with Crippen molar-refractivity contribution in [2.24, 2.45) is 0 Å². The Morgan fingerprint density at radius 1 is 1.11 bits per heavy atom. The summed E-state index contributed by atoms with van der Waals surface area (Å²) in [6, 6.07) is 2.23. The summed E-state index contributed by atoms with van der Waals surface area (Å²) in [6.07, 6.45) is 8.81. The van der Waals surface area contributed by atoms with Gasteiger partial charge in [-0.05, 0) is 45.6 Å². The molecule has 0 saturated carbocycles. The van der Waals surface area contributed by atoms with E-state index in [-0.39, 0.29) is 17.4 Å². The Bertz CT molecular complexity index is 744. The topological polar surface area (TPSA) is 58.4 Å². The zero-order valence-corrected chi connectivity index (χ0v) is 16.5. The van der Waals surface area contributed by atoms with E-state index in [0.717, 1.165) is 56.8 Å². The minimum atomic E-state index is 0.0869. The van der Waals surface area contributed by atoms with E-state index in [1.54, 1.807) is 6.07 Å². The van der Waals surface area contributed by atoms with Crippen molar-refractivity contribution in [1.82, 2.24) is 19.4 Å². The molecule has 0 aromatic carbocycles. The average molecular weight is 373 g/mol. The highest BCUT2D eigenvalue weighted by Crippen LogP contribution is 2.26. The van der Waals surface area contributed by atoms with Crippen LogP contribution >= 0.6 is 0 Å². The van der Waals surface area contributed by atoms with E-state index < -0.39 is 0 Å². The second-order valence-electron chi connectivity index (χ2n) is 8.54. The van der Waals surface area contributed by atoms with Crippen LogP contribution in [0.5, 0.6) is 0 Å². The fourth-order valence-corrected chi connectivity index (χ4v) is 4.84. The number of hydrogen-bond acceptors (Lipinski definition) is 4. The van der Waals surface area contributed by atoms with Crippen LogP contribution in [0.2, 0.25) is 0 Å². The number of piperidine rings is 1. The van der Waals surface area contributed by atoms with Gasteiger partial charge in [0.1, 0.15) is 5.82 Å². The highest BCUT2D eigenvalue weighted by atomic mass is 16.2. The number of aryl methyl sites for hydroxylation is 1. The van der Waals surface area contributed by atoms with Gasteiger partial charge in [-0.3, -0.25) is 19.1 Å². The minimum Gasteiger partial charge on any atom is -0.341 e. The van der Waals surface area contributed by atoms with Gasteiger partial charge in [0.25, 0.3) is 5.56 Å². The number of nitrogens with zero attached hydrogens (tertiary/aromatic N) is 4. The van der Waals surface area contributed by atoms with E-state index in [0.29, 0.717) is 19.1 Å². The van der Waals surface area contributed by atoms with Crippen molar-refractivity contribution >= 4 is 5.91 Å². The number of carbonyl (C=O) groups excluding carboxylic acids is 1. The number of hydrogen-bond donors (Lipinski definition) is 0. The molecule has 2 fully saturated rings. The van der Waals surface area contributed by atoms with E-state index >= 15 is 0 Å². The van der Waals surface area contributed by atoms with Gasteiger partial charge in [0, 0.05) is 44.1 Å². The van der Waals surface area contributed by atoms with Crippen molar-refractivity contribution in [1.29, 1.82) is 0 Å². The van der Waals surface area contributed by atoms with Crippen molar-refractivity contribution in [3.05, 3.63) is 27.9 Å². The van der Waals surface area contributed by atoms with E-state index in [1.165, 1.54) is 25.7 Å². The Hall–Kier alpha value is -1.69. The molecule has 1 amide bonds. The highest BCUT2D eigenvalue weighted by molar-refractivity contribution is 5.78. The third-order valence-electron chi connectivity index (χ3n) is 6.63. The molecule has 0 spiro atoms. The van der Waals surface area contributed by atoms with Crippen LogP contribution in [-0.4, -0.2) is 57.5 Å². The first kappa shape index (κ1) is 18.7. The van der Waals surface area contributed by atoms with Crippen LogP contribution in [-0.2, 0) is 17.8 Å². The fraction of sp³-hybridized carbons (Fsp3) is 0.762. The zero-order valence-electron chi connectivity index (χ0n) is 16.5. The maximum Gasteiger partial charge on any atom is 0.253 e. The molecule has 0 unspecified atom stereocenters. The van der Waals surface area contributed by atoms with E-state index in [9.17, 15) is 9.59 Å². The molecule has 0 bridgehead atoms. The van der Waals surface area contributed by atoms with Gasteiger partial charge in [-0.25, -0.2) is 4.98 Å². The lowest BCUT2D eigenvalue weighted by molar-refractivity contribution is -0.132. The largest absolute Gasteiger partial charge is 0.341 e. The van der Waals surface area contributed by atoms with Crippen LogP contribution in [0, 0.1) is 0 Å². The van der Waals surface area contributed by atoms with Crippen molar-refractivity contribution in [2.45, 2.75) is 76.8 Å². The molecule has 3 aliphatic heterocycles. The molecular formula is C21H32N4O2. The Balaban J connectivity index is 1.42. The van der Waals surface area contributed by atoms with Crippen molar-refractivity contribution in [2.75, 3.05) is 26.2 Å². The monoisotopic (exact) mass is 372 g/mol. The summed E-state index contributed by atoms with van der Waals surface area (Å²) in [6.45, 7) is 6.08. The normalized spacial score (nSPS) is 26.6. The van der Waals surface area contributed by atoms with Crippen LogP contribution < -0.4 is 5.56 Å². The lowest BCUT2D eigenvalue weighted by Crippen LogP contribution is -2.45. The quantitative estimate of drug-likeness (QED) is 0.816. The van der Waals surface area contributed by atoms with Crippen molar-refractivity contribution < 1.29 is 4.79 Å². The molecule has 4 heterocycles. The van der Waals surface area contributed by atoms with E-state index in [1.807, 2.05) is 9.47 Å². The van der Waals surface area contributed by atoms with Crippen molar-refractivity contribution in [3.63, 3.8) is 0 Å². The minimum absolute atomic E-state index is 0.0869. The van der Waals surface area contributed by atoms with Crippen LogP contribution in [0.4, 0.5) is 0 Å². The molecule has 148 valence electrons. The molecule has 3 aliphatic rings. The highest BCUT2D eigenvalue weighted by Gasteiger charge is 2.31. The molecule has 1 aromatic rings. The summed E-state index contributed by atoms with van der Waals surface area (Å²) < 4.78 is 1.85. The summed E-state index contributed by atoms with van der Waals surface area (Å²) >= 11 is 0. The third-order valence-corrected chi connectivity index (χ3v) is 6.63. The number of rotatable bonds is 3. The number of fused-ring (bicyclic) bond motifs is 1. The predicted octanol–water partition coefficient (Wildman–Crippen LogP) is 2.16. The van der Waals surface area contributed by atoms with E-state index in [4.69, 9.17) is 4.98 Å². The second kappa shape index (κ2) is 8.13. The molecule has 4 rings (SSSR count). The SMILES string of the molecule is C[C@@H]1CCCCN1CC(=O)N1CC[C@H](c2cc(=O)n3c(n2)CCCCC3)C1. The average Bonchev–Trinajstić information content (AvgIpc) is 3.03. The first-order valence-electron chi connectivity index (χ1n) is 10.7. The van der Waals surface area contributed by atoms with Crippen molar-refractivity contribution in [3.8, 4) is 0 Å². The smallest absolute Gasteiger partial charge is 0.253 e. The number of aromatic nitrogens is 2.